The number of benzene rings is 1. The first kappa shape index (κ1) is 20.5. The second-order valence-electron chi connectivity index (χ2n) is 6.96. The second-order valence-corrected chi connectivity index (χ2v) is 7.40. The Morgan fingerprint density at radius 1 is 1.36 bits per heavy atom. The Balaban J connectivity index is 1.55. The highest BCUT2D eigenvalue weighted by Gasteiger charge is 2.22. The summed E-state index contributed by atoms with van der Waals surface area (Å²) in [5.41, 5.74) is 0. The highest BCUT2D eigenvalue weighted by atomic mass is 35.5. The van der Waals surface area contributed by atoms with Gasteiger partial charge in [0.25, 0.3) is 0 Å². The minimum absolute atomic E-state index is 0.0444. The Hall–Kier alpha value is -2.28. The number of halogens is 1. The summed E-state index contributed by atoms with van der Waals surface area (Å²) < 4.78 is 7.93. The van der Waals surface area contributed by atoms with Crippen LogP contribution in [0.2, 0.25) is 5.02 Å². The monoisotopic (exact) mass is 404 g/mol. The molecule has 1 aliphatic rings. The van der Waals surface area contributed by atoms with E-state index in [2.05, 4.69) is 34.6 Å². The third kappa shape index (κ3) is 5.61. The first-order chi connectivity index (χ1) is 13.6. The molecule has 2 unspecified atom stereocenters. The number of ether oxygens (including phenoxy) is 1. The van der Waals surface area contributed by atoms with E-state index in [4.69, 9.17) is 21.3 Å². The zero-order valence-electron chi connectivity index (χ0n) is 16.8. The minimum Gasteiger partial charge on any atom is -0.489 e. The zero-order chi connectivity index (χ0) is 19.9. The normalized spacial score (nSPS) is 17.7. The van der Waals surface area contributed by atoms with Crippen molar-refractivity contribution in [1.29, 1.82) is 0 Å². The lowest BCUT2D eigenvalue weighted by Crippen LogP contribution is -2.47. The first-order valence-electron chi connectivity index (χ1n) is 9.97. The molecule has 28 heavy (non-hydrogen) atoms. The molecule has 2 aromatic rings. The van der Waals surface area contributed by atoms with Gasteiger partial charge in [-0.1, -0.05) is 18.5 Å². The number of rotatable bonds is 7. The van der Waals surface area contributed by atoms with E-state index in [9.17, 15) is 0 Å². The Labute approximate surface area is 171 Å². The molecule has 7 nitrogen and oxygen atoms in total. The average Bonchev–Trinajstić information content (AvgIpc) is 3.10. The van der Waals surface area contributed by atoms with Gasteiger partial charge in [0.05, 0.1) is 13.1 Å². The number of nitrogens with zero attached hydrogens (tertiary/aromatic N) is 4. The third-order valence-corrected chi connectivity index (χ3v) is 4.81. The van der Waals surface area contributed by atoms with Crippen LogP contribution in [0.3, 0.4) is 0 Å². The van der Waals surface area contributed by atoms with Gasteiger partial charge >= 0.3 is 0 Å². The number of hydrogen-bond acceptors (Lipinski definition) is 4. The maximum Gasteiger partial charge on any atom is 0.191 e. The molecule has 0 radical (unpaired) electrons. The van der Waals surface area contributed by atoms with Crippen LogP contribution >= 0.6 is 11.6 Å². The van der Waals surface area contributed by atoms with Gasteiger partial charge in [0, 0.05) is 30.5 Å². The lowest BCUT2D eigenvalue weighted by Gasteiger charge is -2.25. The molecule has 0 fully saturated rings. The molecule has 152 valence electrons. The summed E-state index contributed by atoms with van der Waals surface area (Å²) in [5.74, 6) is 3.60. The van der Waals surface area contributed by atoms with Gasteiger partial charge in [-0.3, -0.25) is 0 Å². The number of nitrogens with one attached hydrogen (secondary N) is 2. The van der Waals surface area contributed by atoms with Crippen LogP contribution < -0.4 is 15.4 Å². The number of guanidine groups is 1. The number of aromatic nitrogens is 3. The van der Waals surface area contributed by atoms with E-state index < -0.39 is 0 Å². The van der Waals surface area contributed by atoms with E-state index in [1.807, 2.05) is 35.9 Å². The van der Waals surface area contributed by atoms with Crippen LogP contribution in [-0.2, 0) is 19.4 Å². The molecule has 2 atom stereocenters. The van der Waals surface area contributed by atoms with E-state index in [0.29, 0.717) is 11.6 Å². The Morgan fingerprint density at radius 3 is 2.86 bits per heavy atom. The van der Waals surface area contributed by atoms with Crippen molar-refractivity contribution in [2.24, 2.45) is 4.99 Å². The Morgan fingerprint density at radius 2 is 2.14 bits per heavy atom. The van der Waals surface area contributed by atoms with Crippen molar-refractivity contribution < 1.29 is 4.74 Å². The van der Waals surface area contributed by atoms with Crippen LogP contribution in [0.4, 0.5) is 0 Å². The van der Waals surface area contributed by atoms with Crippen LogP contribution in [0.1, 0.15) is 38.8 Å². The van der Waals surface area contributed by atoms with Crippen molar-refractivity contribution in [1.82, 2.24) is 25.4 Å². The predicted octanol–water partition coefficient (Wildman–Crippen LogP) is 2.83. The van der Waals surface area contributed by atoms with Gasteiger partial charge in [-0.15, -0.1) is 0 Å². The molecule has 1 aliphatic heterocycles. The van der Waals surface area contributed by atoms with E-state index in [1.54, 1.807) is 0 Å². The molecular formula is C20H29ClN6O. The Bertz CT molecular complexity index is 788. The highest BCUT2D eigenvalue weighted by Crippen LogP contribution is 2.17. The number of aryl methyl sites for hydroxylation is 2. The molecular weight excluding hydrogens is 376 g/mol. The molecule has 1 aromatic heterocycles. The molecule has 0 amide bonds. The molecule has 3 rings (SSSR count). The van der Waals surface area contributed by atoms with Crippen molar-refractivity contribution in [2.45, 2.75) is 58.7 Å². The molecule has 1 aromatic carbocycles. The van der Waals surface area contributed by atoms with Crippen LogP contribution in [0.15, 0.2) is 29.3 Å². The fourth-order valence-corrected chi connectivity index (χ4v) is 3.27. The van der Waals surface area contributed by atoms with E-state index >= 15 is 0 Å². The maximum absolute atomic E-state index is 5.92. The smallest absolute Gasteiger partial charge is 0.191 e. The quantitative estimate of drug-likeness (QED) is 0.548. The first-order valence-corrected chi connectivity index (χ1v) is 10.3. The number of hydrogen-bond donors (Lipinski definition) is 2. The molecule has 0 saturated carbocycles. The average molecular weight is 405 g/mol. The van der Waals surface area contributed by atoms with Gasteiger partial charge in [-0.2, -0.15) is 5.10 Å². The van der Waals surface area contributed by atoms with Gasteiger partial charge < -0.3 is 15.4 Å². The Kier molecular flexibility index (Phi) is 7.14. The summed E-state index contributed by atoms with van der Waals surface area (Å²) in [6.45, 7) is 8.33. The standard InChI is InChI=1S/C20H29ClN6O/c1-4-18-25-19-11-8-16(13-27(19)26-18)24-20(22-5-2)23-12-14(3)28-17-9-6-15(21)7-10-17/h6-7,9-10,14,16H,4-5,8,11-13H2,1-3H3,(H2,22,23,24). The van der Waals surface area contributed by atoms with Crippen molar-refractivity contribution in [3.05, 3.63) is 40.9 Å². The summed E-state index contributed by atoms with van der Waals surface area (Å²) in [5, 5.41) is 12.1. The minimum atomic E-state index is -0.0444. The number of aliphatic imine (C=N–C) groups is 1. The fourth-order valence-electron chi connectivity index (χ4n) is 3.14. The van der Waals surface area contributed by atoms with Gasteiger partial charge in [-0.25, -0.2) is 14.7 Å². The lowest BCUT2D eigenvalue weighted by atomic mass is 10.1. The van der Waals surface area contributed by atoms with Gasteiger partial charge in [0.2, 0.25) is 0 Å². The SMILES string of the molecule is CCNC(=NCC(C)Oc1ccc(Cl)cc1)NC1CCc2nc(CC)nn2C1. The van der Waals surface area contributed by atoms with E-state index in [1.165, 1.54) is 0 Å². The zero-order valence-corrected chi connectivity index (χ0v) is 17.5. The van der Waals surface area contributed by atoms with Crippen molar-refractivity contribution in [3.8, 4) is 5.75 Å². The van der Waals surface area contributed by atoms with Crippen molar-refractivity contribution in [2.75, 3.05) is 13.1 Å². The van der Waals surface area contributed by atoms with Gasteiger partial charge in [-0.05, 0) is 44.5 Å². The molecule has 8 heteroatoms. The van der Waals surface area contributed by atoms with Crippen LogP contribution in [0.25, 0.3) is 0 Å². The summed E-state index contributed by atoms with van der Waals surface area (Å²) >= 11 is 5.92. The molecule has 0 saturated heterocycles. The summed E-state index contributed by atoms with van der Waals surface area (Å²) in [7, 11) is 0. The molecule has 2 heterocycles. The lowest BCUT2D eigenvalue weighted by molar-refractivity contribution is 0.230. The molecule has 0 bridgehead atoms. The fraction of sp³-hybridized carbons (Fsp3) is 0.550. The summed E-state index contributed by atoms with van der Waals surface area (Å²) in [6, 6.07) is 7.67. The van der Waals surface area contributed by atoms with Gasteiger partial charge in [0.15, 0.2) is 11.8 Å². The maximum atomic E-state index is 5.92. The molecule has 0 spiro atoms. The molecule has 2 N–H and O–H groups in total. The topological polar surface area (TPSA) is 76.4 Å². The third-order valence-electron chi connectivity index (χ3n) is 4.56. The highest BCUT2D eigenvalue weighted by molar-refractivity contribution is 6.30. The van der Waals surface area contributed by atoms with Crippen LogP contribution in [-0.4, -0.2) is 46.0 Å². The van der Waals surface area contributed by atoms with E-state index in [-0.39, 0.29) is 12.1 Å². The van der Waals surface area contributed by atoms with Gasteiger partial charge in [0.1, 0.15) is 17.7 Å². The van der Waals surface area contributed by atoms with Crippen LogP contribution in [0, 0.1) is 0 Å². The molecule has 0 aliphatic carbocycles. The number of fused-ring (bicyclic) bond motifs is 1. The summed E-state index contributed by atoms with van der Waals surface area (Å²) in [6.07, 6.45) is 2.77. The largest absolute Gasteiger partial charge is 0.489 e. The van der Waals surface area contributed by atoms with Crippen LogP contribution in [0.5, 0.6) is 5.75 Å². The second kappa shape index (κ2) is 9.78. The van der Waals surface area contributed by atoms with E-state index in [0.717, 1.165) is 55.7 Å². The summed E-state index contributed by atoms with van der Waals surface area (Å²) in [4.78, 5) is 9.27. The van der Waals surface area contributed by atoms with Crippen molar-refractivity contribution in [3.63, 3.8) is 0 Å². The van der Waals surface area contributed by atoms with Crippen molar-refractivity contribution >= 4 is 17.6 Å². The predicted molar refractivity (Wildman–Crippen MR) is 112 cm³/mol.